The number of hydrazone groups is 1. The Morgan fingerprint density at radius 2 is 2.08 bits per heavy atom. The molecular weight excluding hydrogens is 390 g/mol. The van der Waals surface area contributed by atoms with E-state index in [1.54, 1.807) is 24.3 Å². The first-order chi connectivity index (χ1) is 11.9. The molecule has 0 atom stereocenters. The Bertz CT molecular complexity index is 914. The second kappa shape index (κ2) is 6.64. The maximum absolute atomic E-state index is 12.8. The summed E-state index contributed by atoms with van der Waals surface area (Å²) in [4.78, 5) is 23.3. The number of furan rings is 1. The lowest BCUT2D eigenvalue weighted by Gasteiger charge is -2.11. The monoisotopic (exact) mass is 403 g/mol. The van der Waals surface area contributed by atoms with Crippen LogP contribution in [-0.4, -0.2) is 16.5 Å². The molecule has 0 aliphatic carbocycles. The average molecular weight is 404 g/mol. The summed E-state index contributed by atoms with van der Waals surface area (Å²) in [5.74, 6) is 0.165. The zero-order valence-electron chi connectivity index (χ0n) is 13.5. The van der Waals surface area contributed by atoms with E-state index in [1.807, 2.05) is 13.8 Å². The van der Waals surface area contributed by atoms with Gasteiger partial charge in [0.1, 0.15) is 5.76 Å². The topological polar surface area (TPSA) is 89.0 Å². The summed E-state index contributed by atoms with van der Waals surface area (Å²) in [7, 11) is 0. The van der Waals surface area contributed by atoms with Gasteiger partial charge < -0.3 is 4.42 Å². The molecule has 1 aliphatic heterocycles. The summed E-state index contributed by atoms with van der Waals surface area (Å²) in [5, 5.41) is 16.5. The summed E-state index contributed by atoms with van der Waals surface area (Å²) in [6.45, 7) is 3.85. The Morgan fingerprint density at radius 3 is 2.68 bits per heavy atom. The molecular formula is C17H14BrN3O4. The third-order valence-electron chi connectivity index (χ3n) is 3.62. The van der Waals surface area contributed by atoms with Crippen LogP contribution < -0.4 is 5.01 Å². The maximum atomic E-state index is 12.8. The van der Waals surface area contributed by atoms with Crippen LogP contribution in [0.4, 0.5) is 11.4 Å². The van der Waals surface area contributed by atoms with Gasteiger partial charge in [-0.15, -0.1) is 0 Å². The number of nitro groups is 1. The summed E-state index contributed by atoms with van der Waals surface area (Å²) in [6.07, 6.45) is 1.63. The van der Waals surface area contributed by atoms with Crippen LogP contribution >= 0.6 is 15.9 Å². The first-order valence-electron chi connectivity index (χ1n) is 7.51. The number of amides is 1. The van der Waals surface area contributed by atoms with Gasteiger partial charge in [-0.05, 0) is 46.1 Å². The number of nitro benzene ring substituents is 1. The molecule has 3 rings (SSSR count). The van der Waals surface area contributed by atoms with Gasteiger partial charge in [-0.2, -0.15) is 10.1 Å². The lowest BCUT2D eigenvalue weighted by molar-refractivity contribution is -0.384. The lowest BCUT2D eigenvalue weighted by Crippen LogP contribution is -2.21. The Balaban J connectivity index is 2.03. The molecule has 0 N–H and O–H groups in total. The van der Waals surface area contributed by atoms with Crippen molar-refractivity contribution in [2.45, 2.75) is 13.8 Å². The van der Waals surface area contributed by atoms with Gasteiger partial charge in [0, 0.05) is 12.1 Å². The second-order valence-corrected chi connectivity index (χ2v) is 6.52. The molecule has 2 heterocycles. The van der Waals surface area contributed by atoms with Crippen LogP contribution in [-0.2, 0) is 4.79 Å². The molecule has 25 heavy (non-hydrogen) atoms. The van der Waals surface area contributed by atoms with Crippen LogP contribution in [0.1, 0.15) is 19.6 Å². The van der Waals surface area contributed by atoms with Crippen molar-refractivity contribution in [2.24, 2.45) is 11.0 Å². The van der Waals surface area contributed by atoms with Gasteiger partial charge in [-0.25, -0.2) is 0 Å². The summed E-state index contributed by atoms with van der Waals surface area (Å²) in [5.41, 5.74) is 1.26. The van der Waals surface area contributed by atoms with Crippen LogP contribution in [0.15, 0.2) is 56.2 Å². The van der Waals surface area contributed by atoms with Gasteiger partial charge >= 0.3 is 0 Å². The van der Waals surface area contributed by atoms with E-state index < -0.39 is 4.92 Å². The van der Waals surface area contributed by atoms with Crippen LogP contribution in [0, 0.1) is 16.0 Å². The van der Waals surface area contributed by atoms with Crippen molar-refractivity contribution in [1.29, 1.82) is 0 Å². The van der Waals surface area contributed by atoms with E-state index in [1.165, 1.54) is 23.2 Å². The Kier molecular flexibility index (Phi) is 4.54. The summed E-state index contributed by atoms with van der Waals surface area (Å²) >= 11 is 3.23. The molecule has 0 spiro atoms. The summed E-state index contributed by atoms with van der Waals surface area (Å²) in [6, 6.07) is 9.30. The number of hydrogen-bond acceptors (Lipinski definition) is 5. The number of rotatable bonds is 4. The van der Waals surface area contributed by atoms with Gasteiger partial charge in [-0.1, -0.05) is 19.9 Å². The van der Waals surface area contributed by atoms with E-state index in [-0.39, 0.29) is 17.5 Å². The highest BCUT2D eigenvalue weighted by Crippen LogP contribution is 2.30. The standard InChI is InChI=1S/C17H14BrN3O4/c1-10(2)16-14(9-13-6-7-15(18)25-13)17(22)20(19-16)11-4-3-5-12(8-11)21(23)24/h3-10H,1-2H3. The van der Waals surface area contributed by atoms with Crippen LogP contribution in [0.2, 0.25) is 0 Å². The molecule has 0 radical (unpaired) electrons. The number of benzene rings is 1. The van der Waals surface area contributed by atoms with E-state index in [0.717, 1.165) is 0 Å². The van der Waals surface area contributed by atoms with E-state index in [0.29, 0.717) is 27.4 Å². The Morgan fingerprint density at radius 1 is 1.32 bits per heavy atom. The fourth-order valence-corrected chi connectivity index (χ4v) is 2.77. The van der Waals surface area contributed by atoms with Crippen LogP contribution in [0.5, 0.6) is 0 Å². The number of anilines is 1. The number of non-ortho nitro benzene ring substituents is 1. The molecule has 7 nitrogen and oxygen atoms in total. The number of halogens is 1. The van der Waals surface area contributed by atoms with Gasteiger partial charge in [0.15, 0.2) is 4.67 Å². The van der Waals surface area contributed by atoms with Crippen molar-refractivity contribution in [3.8, 4) is 0 Å². The molecule has 1 aromatic carbocycles. The lowest BCUT2D eigenvalue weighted by atomic mass is 9.99. The minimum atomic E-state index is -0.506. The first-order valence-corrected chi connectivity index (χ1v) is 8.31. The molecule has 0 fully saturated rings. The second-order valence-electron chi connectivity index (χ2n) is 5.73. The summed E-state index contributed by atoms with van der Waals surface area (Å²) < 4.78 is 6.00. The van der Waals surface area contributed by atoms with Crippen molar-refractivity contribution >= 4 is 45.0 Å². The molecule has 2 aromatic rings. The van der Waals surface area contributed by atoms with Crippen molar-refractivity contribution in [3.63, 3.8) is 0 Å². The number of nitrogens with zero attached hydrogens (tertiary/aromatic N) is 3. The third kappa shape index (κ3) is 3.39. The van der Waals surface area contributed by atoms with E-state index in [2.05, 4.69) is 21.0 Å². The van der Waals surface area contributed by atoms with Crippen molar-refractivity contribution in [3.05, 3.63) is 62.5 Å². The van der Waals surface area contributed by atoms with Gasteiger partial charge in [0.05, 0.1) is 21.9 Å². The molecule has 0 bridgehead atoms. The molecule has 0 unspecified atom stereocenters. The molecule has 128 valence electrons. The molecule has 0 saturated carbocycles. The van der Waals surface area contributed by atoms with Gasteiger partial charge in [0.2, 0.25) is 0 Å². The quantitative estimate of drug-likeness (QED) is 0.430. The van der Waals surface area contributed by atoms with E-state index in [9.17, 15) is 14.9 Å². The molecule has 1 aliphatic rings. The SMILES string of the molecule is CC(C)C1=NN(c2cccc([N+](=O)[O-])c2)C(=O)C1=Cc1ccc(Br)o1. The first kappa shape index (κ1) is 17.1. The zero-order chi connectivity index (χ0) is 18.1. The Hall–Kier alpha value is -2.74. The van der Waals surface area contributed by atoms with Crippen LogP contribution in [0.25, 0.3) is 6.08 Å². The molecule has 1 amide bonds. The minimum absolute atomic E-state index is 0.00250. The van der Waals surface area contributed by atoms with Crippen molar-refractivity contribution in [1.82, 2.24) is 0 Å². The predicted octanol–water partition coefficient (Wildman–Crippen LogP) is 4.39. The number of carbonyl (C=O) groups excluding carboxylic acids is 1. The van der Waals surface area contributed by atoms with Gasteiger partial charge in [0.25, 0.3) is 11.6 Å². The predicted molar refractivity (Wildman–Crippen MR) is 97.2 cm³/mol. The van der Waals surface area contributed by atoms with Crippen LogP contribution in [0.3, 0.4) is 0 Å². The normalized spacial score (nSPS) is 16.0. The highest BCUT2D eigenvalue weighted by Gasteiger charge is 2.33. The highest BCUT2D eigenvalue weighted by atomic mass is 79.9. The highest BCUT2D eigenvalue weighted by molar-refractivity contribution is 9.10. The number of hydrogen-bond donors (Lipinski definition) is 0. The largest absolute Gasteiger partial charge is 0.450 e. The zero-order valence-corrected chi connectivity index (χ0v) is 15.1. The smallest absolute Gasteiger partial charge is 0.280 e. The maximum Gasteiger partial charge on any atom is 0.280 e. The fraction of sp³-hybridized carbons (Fsp3) is 0.176. The van der Waals surface area contributed by atoms with Crippen molar-refractivity contribution < 1.29 is 14.1 Å². The third-order valence-corrected chi connectivity index (χ3v) is 4.05. The van der Waals surface area contributed by atoms with E-state index in [4.69, 9.17) is 4.42 Å². The van der Waals surface area contributed by atoms with E-state index >= 15 is 0 Å². The Labute approximate surface area is 151 Å². The van der Waals surface area contributed by atoms with Crippen molar-refractivity contribution in [2.75, 3.05) is 5.01 Å². The van der Waals surface area contributed by atoms with Gasteiger partial charge in [-0.3, -0.25) is 14.9 Å². The minimum Gasteiger partial charge on any atom is -0.450 e. The fourth-order valence-electron chi connectivity index (χ4n) is 2.45. The molecule has 0 saturated heterocycles. The molecule has 8 heteroatoms. The number of carbonyl (C=O) groups is 1. The average Bonchev–Trinajstić information content (AvgIpc) is 3.12. The molecule has 1 aromatic heterocycles.